The van der Waals surface area contributed by atoms with Crippen molar-refractivity contribution in [3.8, 4) is 0 Å². The largest absolute Gasteiger partial charge is 0 e. The fraction of sp³-hybridized carbons (Fsp3) is 0.571. The van der Waals surface area contributed by atoms with Crippen LogP contribution in [0.15, 0.2) is 12.7 Å². The molecule has 0 saturated heterocycles. The van der Waals surface area contributed by atoms with E-state index >= 15 is 0 Å². The molecule has 0 N–H and O–H groups in total. The SMILES string of the molecule is C=CCCCC.S=C(S)[O][Cu].[Zn]. The molecule has 0 unspecified atom stereocenters. The molecule has 0 aromatic heterocycles. The normalized spacial score (nSPS) is 7.00. The van der Waals surface area contributed by atoms with Gasteiger partial charge < -0.3 is 0 Å². The van der Waals surface area contributed by atoms with Gasteiger partial charge in [0.25, 0.3) is 0 Å². The topological polar surface area (TPSA) is 9.23 Å². The van der Waals surface area contributed by atoms with Crippen molar-refractivity contribution in [1.82, 2.24) is 0 Å². The van der Waals surface area contributed by atoms with E-state index in [9.17, 15) is 0 Å². The van der Waals surface area contributed by atoms with Crippen LogP contribution < -0.4 is 0 Å². The summed E-state index contributed by atoms with van der Waals surface area (Å²) < 4.78 is 4.00. The molecule has 0 aliphatic rings. The third-order valence-corrected chi connectivity index (χ3v) is 1.41. The van der Waals surface area contributed by atoms with Crippen molar-refractivity contribution in [1.29, 1.82) is 0 Å². The quantitative estimate of drug-likeness (QED) is 0.282. The van der Waals surface area contributed by atoms with E-state index < -0.39 is 0 Å². The molecule has 0 aromatic rings. The van der Waals surface area contributed by atoms with E-state index in [1.54, 1.807) is 0 Å². The standard InChI is InChI=1S/C6H12.CH2OS2.Cu.Zn/c1-3-5-6-4-2;2-1(3)4;;/h3H,1,4-6H2,2H3;(H2,2,3,4);;/q;;+1;/p-1. The van der Waals surface area contributed by atoms with Crippen LogP contribution in [0.1, 0.15) is 26.2 Å². The predicted octanol–water partition coefficient (Wildman–Crippen LogP) is 3.04. The zero-order valence-corrected chi connectivity index (χ0v) is 12.8. The first-order valence-electron chi connectivity index (χ1n) is 3.28. The molecule has 0 atom stereocenters. The maximum absolute atomic E-state index is 4.23. The molecule has 0 fully saturated rings. The molecule has 12 heavy (non-hydrogen) atoms. The van der Waals surface area contributed by atoms with Crippen LogP contribution in [0.5, 0.6) is 0 Å². The monoisotopic (exact) mass is 304 g/mol. The molecule has 0 rings (SSSR count). The molecule has 0 bridgehead atoms. The van der Waals surface area contributed by atoms with E-state index in [1.165, 1.54) is 19.3 Å². The fourth-order valence-corrected chi connectivity index (χ4v) is 0.348. The summed E-state index contributed by atoms with van der Waals surface area (Å²) in [6, 6.07) is 0. The van der Waals surface area contributed by atoms with E-state index in [-0.39, 0.29) is 23.9 Å². The number of hydrogen-bond donors (Lipinski definition) is 1. The average Bonchev–Trinajstić information content (AvgIpc) is 2.02. The van der Waals surface area contributed by atoms with Crippen LogP contribution >= 0.6 is 24.8 Å². The number of thiol groups is 1. The minimum absolute atomic E-state index is 0. The maximum atomic E-state index is 4.23. The second-order valence-corrected chi connectivity index (χ2v) is 3.03. The Balaban J connectivity index is -0.000000126. The van der Waals surface area contributed by atoms with Gasteiger partial charge in [-0.15, -0.1) is 6.58 Å². The molecule has 0 heterocycles. The van der Waals surface area contributed by atoms with Gasteiger partial charge in [0, 0.05) is 19.5 Å². The maximum Gasteiger partial charge on any atom is 0 e. The van der Waals surface area contributed by atoms with Gasteiger partial charge in [-0.05, 0) is 6.42 Å². The summed E-state index contributed by atoms with van der Waals surface area (Å²) in [5.74, 6) is 0. The Hall–Kier alpha value is 1.12. The summed E-state index contributed by atoms with van der Waals surface area (Å²) in [6.07, 6.45) is 5.72. The van der Waals surface area contributed by atoms with Crippen molar-refractivity contribution in [2.75, 3.05) is 0 Å². The second kappa shape index (κ2) is 18.0. The van der Waals surface area contributed by atoms with Gasteiger partial charge >= 0.3 is 49.4 Å². The third kappa shape index (κ3) is 30.4. The van der Waals surface area contributed by atoms with Gasteiger partial charge in [-0.2, -0.15) is 0 Å². The molecule has 0 amide bonds. The van der Waals surface area contributed by atoms with Crippen LogP contribution in [0.2, 0.25) is 0 Å². The Morgan fingerprint density at radius 3 is 2.25 bits per heavy atom. The number of hydrogen-bond acceptors (Lipinski definition) is 2. The van der Waals surface area contributed by atoms with Crippen molar-refractivity contribution in [3.05, 3.63) is 12.7 Å². The first-order valence-corrected chi connectivity index (χ1v) is 4.52. The number of thiocarbonyl (C=S) groups is 1. The van der Waals surface area contributed by atoms with Crippen LogP contribution in [0.4, 0.5) is 0 Å². The summed E-state index contributed by atoms with van der Waals surface area (Å²) in [7, 11) is 0. The van der Waals surface area contributed by atoms with E-state index in [4.69, 9.17) is 0 Å². The molecule has 0 aliphatic carbocycles. The molecule has 0 aromatic carbocycles. The molecule has 1 nitrogen and oxygen atoms in total. The van der Waals surface area contributed by atoms with Gasteiger partial charge in [-0.25, -0.2) is 0 Å². The minimum Gasteiger partial charge on any atom is 0 e. The molecule has 0 spiro atoms. The van der Waals surface area contributed by atoms with Crippen LogP contribution in [-0.2, 0) is 39.6 Å². The van der Waals surface area contributed by atoms with Crippen LogP contribution in [0.25, 0.3) is 0 Å². The molecule has 0 aliphatic heterocycles. The molecule has 0 radical (unpaired) electrons. The Morgan fingerprint density at radius 1 is 1.75 bits per heavy atom. The van der Waals surface area contributed by atoms with Crippen LogP contribution in [0, 0.1) is 0 Å². The second-order valence-electron chi connectivity index (χ2n) is 1.76. The number of rotatable bonds is 3. The number of unbranched alkanes of at least 4 members (excludes halogenated alkanes) is 2. The summed E-state index contributed by atoms with van der Waals surface area (Å²) in [5, 5.41) is 0. The van der Waals surface area contributed by atoms with Crippen molar-refractivity contribution in [3.63, 3.8) is 0 Å². The summed E-state index contributed by atoms with van der Waals surface area (Å²) in [4.78, 5) is 0. The van der Waals surface area contributed by atoms with E-state index in [0.29, 0.717) is 0 Å². The van der Waals surface area contributed by atoms with Crippen molar-refractivity contribution >= 4 is 29.2 Å². The zero-order chi connectivity index (χ0) is 9.11. The summed E-state index contributed by atoms with van der Waals surface area (Å²) in [6.45, 7) is 5.78. The van der Waals surface area contributed by atoms with Crippen molar-refractivity contribution in [2.24, 2.45) is 0 Å². The molecule has 5 heteroatoms. The molecular weight excluding hydrogens is 293 g/mol. The fourth-order valence-electron chi connectivity index (χ4n) is 0.348. The summed E-state index contributed by atoms with van der Waals surface area (Å²) >= 11 is 11.8. The van der Waals surface area contributed by atoms with Crippen LogP contribution in [0.3, 0.4) is 0 Å². The first-order chi connectivity index (χ1) is 5.18. The predicted molar refractivity (Wildman–Crippen MR) is 52.4 cm³/mol. The first kappa shape index (κ1) is 18.8. The zero-order valence-electron chi connectivity index (χ0n) is 7.18. The van der Waals surface area contributed by atoms with E-state index in [1.807, 2.05) is 6.08 Å². The van der Waals surface area contributed by atoms with Gasteiger partial charge in [-0.3, -0.25) is 0 Å². The van der Waals surface area contributed by atoms with Gasteiger partial charge in [-0.1, -0.05) is 25.8 Å². The van der Waals surface area contributed by atoms with Gasteiger partial charge in [0.15, 0.2) is 0 Å². The summed E-state index contributed by atoms with van der Waals surface area (Å²) in [5.41, 5.74) is 0. The van der Waals surface area contributed by atoms with Gasteiger partial charge in [0.2, 0.25) is 0 Å². The Bertz CT molecular complexity index is 112. The van der Waals surface area contributed by atoms with E-state index in [2.05, 4.69) is 58.5 Å². The number of allylic oxidation sites excluding steroid dienone is 1. The van der Waals surface area contributed by atoms with Gasteiger partial charge in [0.05, 0.1) is 0 Å². The van der Waals surface area contributed by atoms with Gasteiger partial charge in [0.1, 0.15) is 0 Å². The Kier molecular flexibility index (Phi) is 28.3. The Morgan fingerprint density at radius 2 is 2.17 bits per heavy atom. The van der Waals surface area contributed by atoms with Crippen molar-refractivity contribution in [2.45, 2.75) is 26.2 Å². The minimum atomic E-state index is 0. The average molecular weight is 306 g/mol. The van der Waals surface area contributed by atoms with Crippen LogP contribution in [-0.4, -0.2) is 4.38 Å². The van der Waals surface area contributed by atoms with E-state index in [0.717, 1.165) is 0 Å². The molecule has 0 saturated carbocycles. The molecule has 72 valence electrons. The Labute approximate surface area is 107 Å². The molecular formula is C7H13CuOS2Zn. The van der Waals surface area contributed by atoms with Crippen molar-refractivity contribution < 1.29 is 39.6 Å². The third-order valence-electron chi connectivity index (χ3n) is 0.814. The smallest absolute Gasteiger partial charge is 0 e.